The number of nitrogens with zero attached hydrogens (tertiary/aromatic N) is 1. The number of aromatic nitrogens is 1. The molecule has 88 valence electrons. The molecule has 1 unspecified atom stereocenters. The summed E-state index contributed by atoms with van der Waals surface area (Å²) >= 11 is 1.57. The Morgan fingerprint density at radius 1 is 1.41 bits per heavy atom. The van der Waals surface area contributed by atoms with Gasteiger partial charge in [-0.2, -0.15) is 0 Å². The van der Waals surface area contributed by atoms with Gasteiger partial charge in [-0.05, 0) is 18.1 Å². The lowest BCUT2D eigenvalue weighted by Gasteiger charge is -2.23. The van der Waals surface area contributed by atoms with Crippen LogP contribution < -0.4 is 4.74 Å². The molecule has 3 rings (SSSR count). The fourth-order valence-electron chi connectivity index (χ4n) is 2.07. The average Bonchev–Trinajstić information content (AvgIpc) is 2.87. The van der Waals surface area contributed by atoms with E-state index in [1.807, 2.05) is 18.2 Å². The van der Waals surface area contributed by atoms with Crippen molar-refractivity contribution in [2.24, 2.45) is 0 Å². The summed E-state index contributed by atoms with van der Waals surface area (Å²) in [5.74, 6) is 1.30. The molecule has 2 aromatic rings. The molecule has 0 amide bonds. The van der Waals surface area contributed by atoms with E-state index < -0.39 is 0 Å². The second-order valence-corrected chi connectivity index (χ2v) is 5.29. The van der Waals surface area contributed by atoms with E-state index in [1.165, 1.54) is 5.56 Å². The Kier molecular flexibility index (Phi) is 2.82. The van der Waals surface area contributed by atoms with E-state index in [2.05, 4.69) is 11.1 Å². The smallest absolute Gasteiger partial charge is 0.122 e. The predicted octanol–water partition coefficient (Wildman–Crippen LogP) is 2.35. The Morgan fingerprint density at radius 2 is 2.29 bits per heavy atom. The van der Waals surface area contributed by atoms with Crippen LogP contribution in [0.2, 0.25) is 0 Å². The topological polar surface area (TPSA) is 42.4 Å². The number of aliphatic hydroxyl groups is 1. The van der Waals surface area contributed by atoms with Gasteiger partial charge in [0.05, 0.1) is 23.1 Å². The highest BCUT2D eigenvalue weighted by atomic mass is 32.1. The highest BCUT2D eigenvalue weighted by Crippen LogP contribution is 2.33. The van der Waals surface area contributed by atoms with E-state index in [1.54, 1.807) is 17.5 Å². The molecule has 0 bridgehead atoms. The molecule has 1 N–H and O–H groups in total. The maximum atomic E-state index is 9.05. The minimum absolute atomic E-state index is 0.0713. The lowest BCUT2D eigenvalue weighted by atomic mass is 9.97. The van der Waals surface area contributed by atoms with Crippen molar-refractivity contribution in [2.45, 2.75) is 18.9 Å². The lowest BCUT2D eigenvalue weighted by Crippen LogP contribution is -2.18. The zero-order valence-electron chi connectivity index (χ0n) is 9.30. The molecule has 3 nitrogen and oxygen atoms in total. The largest absolute Gasteiger partial charge is 0.493 e. The molecule has 1 aliphatic rings. The van der Waals surface area contributed by atoms with Crippen molar-refractivity contribution in [2.75, 3.05) is 6.61 Å². The average molecular weight is 247 g/mol. The Labute approximate surface area is 104 Å². The number of rotatable bonds is 2. The van der Waals surface area contributed by atoms with Crippen molar-refractivity contribution < 1.29 is 9.84 Å². The zero-order chi connectivity index (χ0) is 11.7. The van der Waals surface area contributed by atoms with Crippen LogP contribution in [0.25, 0.3) is 0 Å². The van der Waals surface area contributed by atoms with Gasteiger partial charge in [0, 0.05) is 12.1 Å². The van der Waals surface area contributed by atoms with Gasteiger partial charge < -0.3 is 9.84 Å². The van der Waals surface area contributed by atoms with Crippen LogP contribution in [-0.2, 0) is 13.0 Å². The molecule has 1 aliphatic heterocycles. The van der Waals surface area contributed by atoms with Gasteiger partial charge in [-0.3, -0.25) is 0 Å². The molecule has 0 fully saturated rings. The number of ether oxygens (including phenoxy) is 1. The maximum absolute atomic E-state index is 9.05. The van der Waals surface area contributed by atoms with E-state index in [9.17, 15) is 0 Å². The Hall–Kier alpha value is -1.39. The van der Waals surface area contributed by atoms with E-state index in [-0.39, 0.29) is 6.61 Å². The highest BCUT2D eigenvalue weighted by molar-refractivity contribution is 7.11. The van der Waals surface area contributed by atoms with Gasteiger partial charge >= 0.3 is 0 Å². The quantitative estimate of drug-likeness (QED) is 0.885. The van der Waals surface area contributed by atoms with E-state index in [4.69, 9.17) is 9.84 Å². The molecule has 0 aliphatic carbocycles. The van der Waals surface area contributed by atoms with Crippen molar-refractivity contribution in [1.29, 1.82) is 0 Å². The van der Waals surface area contributed by atoms with Gasteiger partial charge in [0.2, 0.25) is 0 Å². The Morgan fingerprint density at radius 3 is 3.12 bits per heavy atom. The normalized spacial score (nSPS) is 18.5. The molecule has 1 aromatic carbocycles. The number of thiazole rings is 1. The molecular weight excluding hydrogens is 234 g/mol. The standard InChI is InChI=1S/C13H13NO2S/c15-7-11-6-14-13(17-11)10-5-9-3-1-2-4-12(9)16-8-10/h1-4,6,10,15H,5,7-8H2. The van der Waals surface area contributed by atoms with Gasteiger partial charge in [-0.15, -0.1) is 11.3 Å². The van der Waals surface area contributed by atoms with Crippen LogP contribution in [0.1, 0.15) is 21.4 Å². The first-order chi connectivity index (χ1) is 8.36. The minimum Gasteiger partial charge on any atom is -0.493 e. The molecule has 17 heavy (non-hydrogen) atoms. The number of fused-ring (bicyclic) bond motifs is 1. The van der Waals surface area contributed by atoms with Crippen molar-refractivity contribution in [3.63, 3.8) is 0 Å². The highest BCUT2D eigenvalue weighted by Gasteiger charge is 2.23. The number of hydrogen-bond acceptors (Lipinski definition) is 4. The summed E-state index contributed by atoms with van der Waals surface area (Å²) < 4.78 is 5.74. The van der Waals surface area contributed by atoms with Crippen LogP contribution >= 0.6 is 11.3 Å². The van der Waals surface area contributed by atoms with Gasteiger partial charge in [0.25, 0.3) is 0 Å². The molecule has 0 spiro atoms. The summed E-state index contributed by atoms with van der Waals surface area (Å²) in [5, 5.41) is 10.1. The fourth-order valence-corrected chi connectivity index (χ4v) is 2.93. The van der Waals surface area contributed by atoms with Gasteiger partial charge in [-0.1, -0.05) is 18.2 Å². The minimum atomic E-state index is 0.0713. The molecule has 1 atom stereocenters. The first kappa shape index (κ1) is 10.7. The summed E-state index contributed by atoms with van der Waals surface area (Å²) in [6.07, 6.45) is 2.72. The number of aliphatic hydroxyl groups excluding tert-OH is 1. The molecule has 2 heterocycles. The molecule has 0 saturated carbocycles. The summed E-state index contributed by atoms with van der Waals surface area (Å²) in [5.41, 5.74) is 1.24. The first-order valence-electron chi connectivity index (χ1n) is 5.63. The van der Waals surface area contributed by atoms with Crippen LogP contribution in [0.5, 0.6) is 5.75 Å². The summed E-state index contributed by atoms with van der Waals surface area (Å²) in [4.78, 5) is 5.28. The zero-order valence-corrected chi connectivity index (χ0v) is 10.1. The first-order valence-corrected chi connectivity index (χ1v) is 6.44. The lowest BCUT2D eigenvalue weighted by molar-refractivity contribution is 0.262. The van der Waals surface area contributed by atoms with E-state index in [0.717, 1.165) is 22.1 Å². The summed E-state index contributed by atoms with van der Waals surface area (Å²) in [6.45, 7) is 0.747. The number of benzene rings is 1. The van der Waals surface area contributed by atoms with Crippen molar-refractivity contribution in [1.82, 2.24) is 4.98 Å². The van der Waals surface area contributed by atoms with Crippen LogP contribution in [0.3, 0.4) is 0 Å². The third-order valence-corrected chi connectivity index (χ3v) is 4.10. The molecule has 4 heteroatoms. The third-order valence-electron chi connectivity index (χ3n) is 2.96. The number of hydrogen-bond donors (Lipinski definition) is 1. The van der Waals surface area contributed by atoms with Crippen LogP contribution in [0, 0.1) is 0 Å². The summed E-state index contributed by atoms with van der Waals surface area (Å²) in [7, 11) is 0. The predicted molar refractivity (Wildman–Crippen MR) is 66.4 cm³/mol. The van der Waals surface area contributed by atoms with Crippen molar-refractivity contribution in [3.05, 3.63) is 45.9 Å². The van der Waals surface area contributed by atoms with Crippen molar-refractivity contribution in [3.8, 4) is 5.75 Å². The van der Waals surface area contributed by atoms with E-state index >= 15 is 0 Å². The van der Waals surface area contributed by atoms with Crippen LogP contribution in [0.4, 0.5) is 0 Å². The SMILES string of the molecule is OCc1cnc(C2COc3ccccc3C2)s1. The molecule has 0 radical (unpaired) electrons. The summed E-state index contributed by atoms with van der Waals surface area (Å²) in [6, 6.07) is 8.13. The van der Waals surface area contributed by atoms with Crippen LogP contribution in [-0.4, -0.2) is 16.7 Å². The van der Waals surface area contributed by atoms with Gasteiger partial charge in [-0.25, -0.2) is 4.98 Å². The maximum Gasteiger partial charge on any atom is 0.122 e. The Bertz CT molecular complexity index is 524. The van der Waals surface area contributed by atoms with Crippen molar-refractivity contribution >= 4 is 11.3 Å². The fraction of sp³-hybridized carbons (Fsp3) is 0.308. The molecule has 0 saturated heterocycles. The number of para-hydroxylation sites is 1. The third kappa shape index (κ3) is 2.06. The van der Waals surface area contributed by atoms with Crippen LogP contribution in [0.15, 0.2) is 30.5 Å². The monoisotopic (exact) mass is 247 g/mol. The van der Waals surface area contributed by atoms with E-state index in [0.29, 0.717) is 12.5 Å². The second-order valence-electron chi connectivity index (χ2n) is 4.14. The second kappa shape index (κ2) is 4.47. The van der Waals surface area contributed by atoms with Gasteiger partial charge in [0.1, 0.15) is 5.75 Å². The molecular formula is C13H13NO2S. The Balaban J connectivity index is 1.84. The van der Waals surface area contributed by atoms with Gasteiger partial charge in [0.15, 0.2) is 0 Å². The molecule has 1 aromatic heterocycles.